The topological polar surface area (TPSA) is 33.4 Å². The molecule has 0 fully saturated rings. The minimum absolute atomic E-state index is 0.538. The van der Waals surface area contributed by atoms with Gasteiger partial charge in [-0.05, 0) is 51.8 Å². The first-order valence-electron chi connectivity index (χ1n) is 3.09. The number of rotatable bonds is 1. The van der Waals surface area contributed by atoms with Crippen LogP contribution in [0.1, 0.15) is 19.6 Å². The van der Waals surface area contributed by atoms with E-state index in [2.05, 4.69) is 31.9 Å². The minimum atomic E-state index is -0.922. The summed E-state index contributed by atoms with van der Waals surface area (Å²) in [5.41, 5.74) is -0.922. The zero-order valence-corrected chi connectivity index (χ0v) is 9.36. The fourth-order valence-corrected chi connectivity index (χ4v) is 1.23. The van der Waals surface area contributed by atoms with Crippen LogP contribution in [0.3, 0.4) is 0 Å². The number of aliphatic hydroxyl groups is 1. The second kappa shape index (κ2) is 2.92. The highest BCUT2D eigenvalue weighted by Crippen LogP contribution is 2.31. The normalized spacial score (nSPS) is 12.1. The molecule has 0 atom stereocenters. The van der Waals surface area contributed by atoms with Gasteiger partial charge in [-0.3, -0.25) is 0 Å². The zero-order chi connectivity index (χ0) is 8.65. The molecule has 0 aliphatic carbocycles. The van der Waals surface area contributed by atoms with E-state index in [1.165, 1.54) is 0 Å². The van der Waals surface area contributed by atoms with Crippen LogP contribution in [0.5, 0.6) is 0 Å². The van der Waals surface area contributed by atoms with Gasteiger partial charge in [0.1, 0.15) is 11.4 Å². The van der Waals surface area contributed by atoms with E-state index in [9.17, 15) is 5.11 Å². The van der Waals surface area contributed by atoms with Crippen LogP contribution in [-0.2, 0) is 5.60 Å². The van der Waals surface area contributed by atoms with Crippen molar-refractivity contribution in [1.82, 2.24) is 0 Å². The van der Waals surface area contributed by atoms with Gasteiger partial charge in [-0.15, -0.1) is 0 Å². The monoisotopic (exact) mass is 282 g/mol. The van der Waals surface area contributed by atoms with E-state index < -0.39 is 5.60 Å². The van der Waals surface area contributed by atoms with Gasteiger partial charge in [-0.25, -0.2) is 0 Å². The Kier molecular flexibility index (Phi) is 2.46. The van der Waals surface area contributed by atoms with Gasteiger partial charge in [0.2, 0.25) is 0 Å². The number of furan rings is 1. The van der Waals surface area contributed by atoms with Crippen molar-refractivity contribution in [2.24, 2.45) is 0 Å². The quantitative estimate of drug-likeness (QED) is 0.859. The molecule has 62 valence electrons. The molecule has 1 aromatic heterocycles. The molecule has 0 aliphatic rings. The van der Waals surface area contributed by atoms with Gasteiger partial charge in [0.25, 0.3) is 0 Å². The smallest absolute Gasteiger partial charge is 0.183 e. The summed E-state index contributed by atoms with van der Waals surface area (Å²) in [7, 11) is 0. The number of hydrogen-bond acceptors (Lipinski definition) is 2. The predicted molar refractivity (Wildman–Crippen MR) is 49.4 cm³/mol. The molecule has 0 spiro atoms. The van der Waals surface area contributed by atoms with Crippen molar-refractivity contribution >= 4 is 31.9 Å². The van der Waals surface area contributed by atoms with Crippen LogP contribution < -0.4 is 0 Å². The van der Waals surface area contributed by atoms with Gasteiger partial charge >= 0.3 is 0 Å². The van der Waals surface area contributed by atoms with Crippen LogP contribution in [0.25, 0.3) is 0 Å². The molecule has 0 aromatic carbocycles. The van der Waals surface area contributed by atoms with Crippen LogP contribution >= 0.6 is 31.9 Å². The summed E-state index contributed by atoms with van der Waals surface area (Å²) >= 11 is 6.44. The number of hydrogen-bond donors (Lipinski definition) is 1. The second-order valence-electron chi connectivity index (χ2n) is 2.79. The molecule has 0 saturated heterocycles. The van der Waals surface area contributed by atoms with Crippen molar-refractivity contribution < 1.29 is 9.52 Å². The highest BCUT2D eigenvalue weighted by atomic mass is 79.9. The lowest BCUT2D eigenvalue weighted by Gasteiger charge is -2.12. The first-order valence-corrected chi connectivity index (χ1v) is 4.67. The molecule has 0 bridgehead atoms. The molecule has 1 rings (SSSR count). The van der Waals surface area contributed by atoms with Crippen LogP contribution in [0.15, 0.2) is 19.6 Å². The molecular formula is C7H8Br2O2. The molecule has 0 amide bonds. The second-order valence-corrected chi connectivity index (χ2v) is 4.37. The van der Waals surface area contributed by atoms with Crippen molar-refractivity contribution in [3.05, 3.63) is 21.0 Å². The maximum Gasteiger partial charge on any atom is 0.183 e. The fraction of sp³-hybridized carbons (Fsp3) is 0.429. The standard InChI is InChI=1S/C7H8Br2O2/c1-7(2,10)5-3-4(8)6(9)11-5/h3,10H,1-2H3. The highest BCUT2D eigenvalue weighted by molar-refractivity contribution is 9.13. The zero-order valence-electron chi connectivity index (χ0n) is 6.19. The van der Waals surface area contributed by atoms with Gasteiger partial charge in [0, 0.05) is 0 Å². The van der Waals surface area contributed by atoms with E-state index in [-0.39, 0.29) is 0 Å². The summed E-state index contributed by atoms with van der Waals surface area (Å²) < 4.78 is 6.62. The lowest BCUT2D eigenvalue weighted by atomic mass is 10.1. The van der Waals surface area contributed by atoms with Crippen LogP contribution in [0, 0.1) is 0 Å². The third kappa shape index (κ3) is 2.07. The lowest BCUT2D eigenvalue weighted by Crippen LogP contribution is -2.13. The van der Waals surface area contributed by atoms with Gasteiger partial charge in [0.05, 0.1) is 4.47 Å². The molecule has 1 heterocycles. The van der Waals surface area contributed by atoms with Crippen molar-refractivity contribution in [1.29, 1.82) is 0 Å². The average molecular weight is 284 g/mol. The first kappa shape index (κ1) is 9.29. The van der Waals surface area contributed by atoms with Crippen LogP contribution in [0.2, 0.25) is 0 Å². The van der Waals surface area contributed by atoms with Crippen LogP contribution in [-0.4, -0.2) is 5.11 Å². The van der Waals surface area contributed by atoms with E-state index >= 15 is 0 Å². The average Bonchev–Trinajstić information content (AvgIpc) is 2.11. The third-order valence-electron chi connectivity index (χ3n) is 1.25. The molecule has 0 unspecified atom stereocenters. The molecule has 1 aromatic rings. The molecule has 0 saturated carbocycles. The third-order valence-corrected chi connectivity index (χ3v) is 2.96. The van der Waals surface area contributed by atoms with Crippen molar-refractivity contribution in [3.63, 3.8) is 0 Å². The van der Waals surface area contributed by atoms with E-state index in [4.69, 9.17) is 4.42 Å². The Bertz CT molecular complexity index is 240. The van der Waals surface area contributed by atoms with E-state index in [1.807, 2.05) is 0 Å². The predicted octanol–water partition coefficient (Wildman–Crippen LogP) is 3.03. The molecule has 2 nitrogen and oxygen atoms in total. The minimum Gasteiger partial charge on any atom is -0.450 e. The summed E-state index contributed by atoms with van der Waals surface area (Å²) in [6, 6.07) is 1.74. The number of halogens is 2. The summed E-state index contributed by atoms with van der Waals surface area (Å²) in [4.78, 5) is 0. The summed E-state index contributed by atoms with van der Waals surface area (Å²) in [5, 5.41) is 9.49. The Labute approximate surface area is 81.8 Å². The van der Waals surface area contributed by atoms with Crippen molar-refractivity contribution in [2.75, 3.05) is 0 Å². The maximum atomic E-state index is 9.49. The fourth-order valence-electron chi connectivity index (χ4n) is 0.648. The first-order chi connectivity index (χ1) is 4.91. The Morgan fingerprint density at radius 1 is 1.45 bits per heavy atom. The Hall–Kier alpha value is 0.200. The van der Waals surface area contributed by atoms with Crippen molar-refractivity contribution in [2.45, 2.75) is 19.4 Å². The Morgan fingerprint density at radius 3 is 2.18 bits per heavy atom. The maximum absolute atomic E-state index is 9.49. The van der Waals surface area contributed by atoms with E-state index in [0.29, 0.717) is 10.4 Å². The highest BCUT2D eigenvalue weighted by Gasteiger charge is 2.21. The molecule has 0 radical (unpaired) electrons. The Balaban J connectivity index is 3.08. The largest absolute Gasteiger partial charge is 0.450 e. The van der Waals surface area contributed by atoms with Crippen molar-refractivity contribution in [3.8, 4) is 0 Å². The van der Waals surface area contributed by atoms with Gasteiger partial charge in [0.15, 0.2) is 4.67 Å². The van der Waals surface area contributed by atoms with E-state index in [0.717, 1.165) is 4.47 Å². The lowest BCUT2D eigenvalue weighted by molar-refractivity contribution is 0.0532. The van der Waals surface area contributed by atoms with E-state index in [1.54, 1.807) is 19.9 Å². The summed E-state index contributed by atoms with van der Waals surface area (Å²) in [5.74, 6) is 0.538. The van der Waals surface area contributed by atoms with Gasteiger partial charge < -0.3 is 9.52 Å². The summed E-state index contributed by atoms with van der Waals surface area (Å²) in [6.45, 7) is 3.34. The molecule has 0 aliphatic heterocycles. The molecule has 11 heavy (non-hydrogen) atoms. The van der Waals surface area contributed by atoms with Gasteiger partial charge in [-0.1, -0.05) is 0 Å². The Morgan fingerprint density at radius 2 is 2.00 bits per heavy atom. The molecular weight excluding hydrogens is 276 g/mol. The SMILES string of the molecule is CC(C)(O)c1cc(Br)c(Br)o1. The molecule has 4 heteroatoms. The van der Waals surface area contributed by atoms with Gasteiger partial charge in [-0.2, -0.15) is 0 Å². The van der Waals surface area contributed by atoms with Crippen LogP contribution in [0.4, 0.5) is 0 Å². The molecule has 1 N–H and O–H groups in total. The summed E-state index contributed by atoms with van der Waals surface area (Å²) in [6.07, 6.45) is 0.